The predicted molar refractivity (Wildman–Crippen MR) is 260 cm³/mol. The number of carbonyl (C=O) groups is 2. The van der Waals surface area contributed by atoms with Crippen molar-refractivity contribution >= 4 is 11.9 Å². The minimum absolute atomic E-state index is 0.0422. The van der Waals surface area contributed by atoms with Gasteiger partial charge in [0.05, 0.1) is 6.61 Å². The van der Waals surface area contributed by atoms with Crippen LogP contribution in [-0.2, 0) is 23.8 Å². The molecule has 340 valence electrons. The van der Waals surface area contributed by atoms with Crippen molar-refractivity contribution < 1.29 is 23.8 Å². The maximum absolute atomic E-state index is 12.8. The van der Waals surface area contributed by atoms with Crippen molar-refractivity contribution in [1.82, 2.24) is 0 Å². The Morgan fingerprint density at radius 3 is 1.23 bits per heavy atom. The second-order valence-electron chi connectivity index (χ2n) is 15.6. The summed E-state index contributed by atoms with van der Waals surface area (Å²) in [5.74, 6) is -0.482. The first-order chi connectivity index (χ1) is 29.6. The molecule has 5 nitrogen and oxygen atoms in total. The van der Waals surface area contributed by atoms with Crippen molar-refractivity contribution in [1.29, 1.82) is 0 Å². The SMILES string of the molecule is CC/C=C\C/C=C\C/C=C\C/C=C\CCCCC(=O)OCC(COCCCCCC/C=C\C/C=C\C/C=C\CC)OC(=O)CCCCCCC/C=C\C/C=C\CCCCC. The Morgan fingerprint density at radius 2 is 0.750 bits per heavy atom. The predicted octanol–water partition coefficient (Wildman–Crippen LogP) is 16.4. The van der Waals surface area contributed by atoms with E-state index in [2.05, 4.69) is 130 Å². The first-order valence-corrected chi connectivity index (χ1v) is 24.4. The molecule has 0 aromatic rings. The summed E-state index contributed by atoms with van der Waals surface area (Å²) in [6.45, 7) is 7.45. The van der Waals surface area contributed by atoms with Gasteiger partial charge in [0.1, 0.15) is 6.61 Å². The fourth-order valence-corrected chi connectivity index (χ4v) is 6.19. The highest BCUT2D eigenvalue weighted by atomic mass is 16.6. The van der Waals surface area contributed by atoms with Crippen LogP contribution in [0.1, 0.15) is 201 Å². The molecule has 60 heavy (non-hydrogen) atoms. The van der Waals surface area contributed by atoms with Crippen LogP contribution in [-0.4, -0.2) is 37.9 Å². The molecule has 0 aromatic heterocycles. The zero-order chi connectivity index (χ0) is 43.5. The second kappa shape index (κ2) is 49.9. The van der Waals surface area contributed by atoms with E-state index < -0.39 is 6.10 Å². The summed E-state index contributed by atoms with van der Waals surface area (Å²) in [5.41, 5.74) is 0. The van der Waals surface area contributed by atoms with Gasteiger partial charge in [0.2, 0.25) is 0 Å². The molecule has 1 atom stereocenters. The molecule has 1 unspecified atom stereocenters. The average Bonchev–Trinajstić information content (AvgIpc) is 3.25. The number of ether oxygens (including phenoxy) is 3. The lowest BCUT2D eigenvalue weighted by atomic mass is 10.1. The molecule has 0 aliphatic rings. The first-order valence-electron chi connectivity index (χ1n) is 24.4. The molecule has 0 bridgehead atoms. The van der Waals surface area contributed by atoms with Crippen LogP contribution >= 0.6 is 0 Å². The lowest BCUT2D eigenvalue weighted by molar-refractivity contribution is -0.163. The van der Waals surface area contributed by atoms with E-state index in [1.54, 1.807) is 0 Å². The van der Waals surface area contributed by atoms with Gasteiger partial charge in [0.15, 0.2) is 6.10 Å². The largest absolute Gasteiger partial charge is 0.462 e. The van der Waals surface area contributed by atoms with Crippen LogP contribution < -0.4 is 0 Å². The van der Waals surface area contributed by atoms with E-state index in [0.29, 0.717) is 19.4 Å². The van der Waals surface area contributed by atoms with Gasteiger partial charge in [0, 0.05) is 19.4 Å². The molecule has 0 amide bonds. The highest BCUT2D eigenvalue weighted by Gasteiger charge is 2.17. The van der Waals surface area contributed by atoms with Gasteiger partial charge in [-0.25, -0.2) is 0 Å². The molecule has 0 aliphatic heterocycles. The molecule has 0 fully saturated rings. The summed E-state index contributed by atoms with van der Waals surface area (Å²) >= 11 is 0. The standard InChI is InChI=1S/C55H90O5/c1-4-7-10-13-16-19-22-25-28-30-33-36-39-42-45-48-54(56)59-52-53(51-58-50-47-44-41-38-35-32-27-24-21-18-15-12-9-6-3)60-55(57)49-46-43-40-37-34-31-29-26-23-20-17-14-11-8-5-2/h7,9-10,12,16-21,25-29,32-33,36,53H,4-6,8,11,13-15,22-24,30-31,34-35,37-52H2,1-3H3/b10-7-,12-9-,19-16-,20-17-,21-18-,28-25-,29-26-,32-27-,36-33-. The van der Waals surface area contributed by atoms with Crippen LogP contribution in [0, 0.1) is 0 Å². The lowest BCUT2D eigenvalue weighted by Crippen LogP contribution is -2.30. The number of esters is 2. The molecule has 0 rings (SSSR count). The Morgan fingerprint density at radius 1 is 0.383 bits per heavy atom. The fourth-order valence-electron chi connectivity index (χ4n) is 6.19. The minimum Gasteiger partial charge on any atom is -0.462 e. The van der Waals surface area contributed by atoms with Gasteiger partial charge in [0.25, 0.3) is 0 Å². The molecule has 0 spiro atoms. The minimum atomic E-state index is -0.578. The van der Waals surface area contributed by atoms with Crippen LogP contribution in [0.4, 0.5) is 0 Å². The van der Waals surface area contributed by atoms with E-state index in [1.165, 1.54) is 44.9 Å². The molecule has 0 heterocycles. The molecule has 0 saturated heterocycles. The van der Waals surface area contributed by atoms with Gasteiger partial charge in [-0.15, -0.1) is 0 Å². The molecule has 0 radical (unpaired) electrons. The van der Waals surface area contributed by atoms with Crippen LogP contribution in [0.3, 0.4) is 0 Å². The molecule has 0 aliphatic carbocycles. The highest BCUT2D eigenvalue weighted by molar-refractivity contribution is 5.70. The molecule has 5 heteroatoms. The van der Waals surface area contributed by atoms with Crippen molar-refractivity contribution in [2.24, 2.45) is 0 Å². The third-order valence-electron chi connectivity index (χ3n) is 9.77. The number of unbranched alkanes of at least 4 members (excludes halogenated alkanes) is 14. The van der Waals surface area contributed by atoms with Gasteiger partial charge in [-0.05, 0) is 122 Å². The van der Waals surface area contributed by atoms with E-state index in [-0.39, 0.29) is 25.2 Å². The third-order valence-corrected chi connectivity index (χ3v) is 9.77. The van der Waals surface area contributed by atoms with E-state index in [0.717, 1.165) is 122 Å². The van der Waals surface area contributed by atoms with Crippen LogP contribution in [0.25, 0.3) is 0 Å². The quantitative estimate of drug-likeness (QED) is 0.0348. The third kappa shape index (κ3) is 47.2. The maximum Gasteiger partial charge on any atom is 0.306 e. The molecule has 0 saturated carbocycles. The summed E-state index contributed by atoms with van der Waals surface area (Å²) in [7, 11) is 0. The van der Waals surface area contributed by atoms with Crippen molar-refractivity contribution in [3.63, 3.8) is 0 Å². The van der Waals surface area contributed by atoms with Gasteiger partial charge in [-0.3, -0.25) is 9.59 Å². The normalized spacial score (nSPS) is 13.2. The van der Waals surface area contributed by atoms with Gasteiger partial charge in [-0.2, -0.15) is 0 Å². The van der Waals surface area contributed by atoms with Gasteiger partial charge in [-0.1, -0.05) is 175 Å². The summed E-state index contributed by atoms with van der Waals surface area (Å²) in [6.07, 6.45) is 68.1. The molecule has 0 N–H and O–H groups in total. The monoisotopic (exact) mass is 831 g/mol. The summed E-state index contributed by atoms with van der Waals surface area (Å²) < 4.78 is 17.3. The maximum atomic E-state index is 12.8. The number of allylic oxidation sites excluding steroid dienone is 18. The highest BCUT2D eigenvalue weighted by Crippen LogP contribution is 2.11. The summed E-state index contributed by atoms with van der Waals surface area (Å²) in [6, 6.07) is 0. The zero-order valence-corrected chi connectivity index (χ0v) is 38.9. The molecular weight excluding hydrogens is 741 g/mol. The average molecular weight is 831 g/mol. The topological polar surface area (TPSA) is 61.8 Å². The Hall–Kier alpha value is -3.44. The van der Waals surface area contributed by atoms with Crippen LogP contribution in [0.2, 0.25) is 0 Å². The van der Waals surface area contributed by atoms with Crippen LogP contribution in [0.15, 0.2) is 109 Å². The Labute approximate surface area is 370 Å². The number of hydrogen-bond donors (Lipinski definition) is 0. The Bertz CT molecular complexity index is 1210. The number of rotatable bonds is 43. The summed E-state index contributed by atoms with van der Waals surface area (Å²) in [4.78, 5) is 25.3. The first kappa shape index (κ1) is 56.6. The fraction of sp³-hybridized carbons (Fsp3) is 0.636. The Kier molecular flexibility index (Phi) is 47.1. The lowest BCUT2D eigenvalue weighted by Gasteiger charge is -2.18. The van der Waals surface area contributed by atoms with Crippen molar-refractivity contribution in [2.45, 2.75) is 207 Å². The van der Waals surface area contributed by atoms with Crippen LogP contribution in [0.5, 0.6) is 0 Å². The van der Waals surface area contributed by atoms with Gasteiger partial charge < -0.3 is 14.2 Å². The second-order valence-corrected chi connectivity index (χ2v) is 15.6. The summed E-state index contributed by atoms with van der Waals surface area (Å²) in [5, 5.41) is 0. The van der Waals surface area contributed by atoms with Gasteiger partial charge >= 0.3 is 11.9 Å². The van der Waals surface area contributed by atoms with E-state index >= 15 is 0 Å². The smallest absolute Gasteiger partial charge is 0.306 e. The Balaban J connectivity index is 4.43. The van der Waals surface area contributed by atoms with Crippen molar-refractivity contribution in [3.05, 3.63) is 109 Å². The van der Waals surface area contributed by atoms with E-state index in [4.69, 9.17) is 14.2 Å². The molecule has 0 aromatic carbocycles. The molecular formula is C55H90O5. The van der Waals surface area contributed by atoms with Crippen molar-refractivity contribution in [2.75, 3.05) is 19.8 Å². The van der Waals surface area contributed by atoms with E-state index in [9.17, 15) is 9.59 Å². The number of hydrogen-bond acceptors (Lipinski definition) is 5. The zero-order valence-electron chi connectivity index (χ0n) is 38.9. The van der Waals surface area contributed by atoms with E-state index in [1.807, 2.05) is 0 Å². The van der Waals surface area contributed by atoms with Crippen molar-refractivity contribution in [3.8, 4) is 0 Å². The number of carbonyl (C=O) groups excluding carboxylic acids is 2.